The van der Waals surface area contributed by atoms with Crippen molar-refractivity contribution in [2.75, 3.05) is 25.1 Å². The number of aliphatic hydroxyl groups is 1. The number of nitrogens with one attached hydrogen (secondary N) is 1. The van der Waals surface area contributed by atoms with Crippen LogP contribution in [0, 0.1) is 6.92 Å². The van der Waals surface area contributed by atoms with Crippen LogP contribution in [0.4, 0.5) is 5.82 Å². The number of para-hydroxylation sites is 1. The molecular weight excluding hydrogens is 340 g/mol. The minimum atomic E-state index is -0.00144. The van der Waals surface area contributed by atoms with Gasteiger partial charge in [-0.1, -0.05) is 25.1 Å². The monoisotopic (exact) mass is 364 g/mol. The number of benzene rings is 1. The van der Waals surface area contributed by atoms with Gasteiger partial charge in [0, 0.05) is 36.0 Å². The summed E-state index contributed by atoms with van der Waals surface area (Å²) in [5.74, 6) is 1.77. The van der Waals surface area contributed by atoms with Crippen LogP contribution in [-0.2, 0) is 0 Å². The second-order valence-electron chi connectivity index (χ2n) is 6.37. The van der Waals surface area contributed by atoms with Crippen LogP contribution < -0.4 is 10.1 Å². The van der Waals surface area contributed by atoms with Crippen LogP contribution in [-0.4, -0.2) is 39.8 Å². The molecule has 1 aromatic carbocycles. The van der Waals surface area contributed by atoms with Crippen molar-refractivity contribution in [2.45, 2.75) is 19.8 Å². The number of rotatable bonds is 8. The lowest BCUT2D eigenvalue weighted by Gasteiger charge is -2.17. The van der Waals surface area contributed by atoms with E-state index in [1.54, 1.807) is 6.33 Å². The first-order chi connectivity index (χ1) is 13.2. The number of aryl methyl sites for hydroxylation is 1. The molecule has 2 N–H and O–H groups in total. The van der Waals surface area contributed by atoms with Crippen LogP contribution in [0.25, 0.3) is 11.3 Å². The van der Waals surface area contributed by atoms with E-state index in [1.165, 1.54) is 0 Å². The predicted molar refractivity (Wildman–Crippen MR) is 106 cm³/mol. The van der Waals surface area contributed by atoms with E-state index in [1.807, 2.05) is 55.6 Å². The lowest BCUT2D eigenvalue weighted by atomic mass is 10.00. The van der Waals surface area contributed by atoms with E-state index < -0.39 is 0 Å². The molecule has 1 atom stereocenters. The van der Waals surface area contributed by atoms with Gasteiger partial charge in [0.2, 0.25) is 0 Å². The van der Waals surface area contributed by atoms with Gasteiger partial charge in [0.1, 0.15) is 24.5 Å². The molecule has 0 fully saturated rings. The van der Waals surface area contributed by atoms with E-state index in [4.69, 9.17) is 9.84 Å². The van der Waals surface area contributed by atoms with Crippen molar-refractivity contribution in [1.29, 1.82) is 0 Å². The van der Waals surface area contributed by atoms with E-state index >= 15 is 0 Å². The molecule has 2 aromatic heterocycles. The van der Waals surface area contributed by atoms with Gasteiger partial charge in [-0.3, -0.25) is 4.98 Å². The summed E-state index contributed by atoms with van der Waals surface area (Å²) in [5.41, 5.74) is 3.86. The van der Waals surface area contributed by atoms with Crippen molar-refractivity contribution in [1.82, 2.24) is 15.0 Å². The van der Waals surface area contributed by atoms with Crippen LogP contribution in [0.1, 0.15) is 24.1 Å². The van der Waals surface area contributed by atoms with Gasteiger partial charge in [0.15, 0.2) is 0 Å². The van der Waals surface area contributed by atoms with Crippen molar-refractivity contribution in [3.8, 4) is 17.0 Å². The highest BCUT2D eigenvalue weighted by molar-refractivity contribution is 5.61. The Hall–Kier alpha value is -2.99. The number of pyridine rings is 1. The van der Waals surface area contributed by atoms with Crippen molar-refractivity contribution < 1.29 is 9.84 Å². The summed E-state index contributed by atoms with van der Waals surface area (Å²) in [4.78, 5) is 13.0. The van der Waals surface area contributed by atoms with Gasteiger partial charge in [-0.2, -0.15) is 0 Å². The first kappa shape index (κ1) is 18.8. The van der Waals surface area contributed by atoms with Crippen LogP contribution in [0.2, 0.25) is 0 Å². The Bertz CT molecular complexity index is 868. The van der Waals surface area contributed by atoms with Gasteiger partial charge >= 0.3 is 0 Å². The third kappa shape index (κ3) is 5.01. The number of ether oxygens (including phenoxy) is 1. The maximum Gasteiger partial charge on any atom is 0.129 e. The summed E-state index contributed by atoms with van der Waals surface area (Å²) in [6, 6.07) is 13.8. The molecule has 140 valence electrons. The molecule has 2 heterocycles. The zero-order valence-electron chi connectivity index (χ0n) is 15.6. The Morgan fingerprint density at radius 1 is 1.11 bits per heavy atom. The first-order valence-corrected chi connectivity index (χ1v) is 8.99. The number of aliphatic hydroxyl groups excluding tert-OH is 1. The van der Waals surface area contributed by atoms with Crippen LogP contribution in [0.5, 0.6) is 5.75 Å². The van der Waals surface area contributed by atoms with Gasteiger partial charge in [-0.05, 0) is 30.7 Å². The lowest BCUT2D eigenvalue weighted by molar-refractivity contribution is 0.200. The van der Waals surface area contributed by atoms with Gasteiger partial charge in [0.05, 0.1) is 12.3 Å². The summed E-state index contributed by atoms with van der Waals surface area (Å²) in [6.07, 6.45) is 3.37. The van der Waals surface area contributed by atoms with Crippen LogP contribution in [0.3, 0.4) is 0 Å². The van der Waals surface area contributed by atoms with Crippen LogP contribution >= 0.6 is 0 Å². The zero-order chi connectivity index (χ0) is 19.1. The summed E-state index contributed by atoms with van der Waals surface area (Å²) >= 11 is 0. The molecule has 3 aromatic rings. The number of anilines is 1. The SMILES string of the molecule is Cc1ccc(-c2cc(NCC(C)c3ccccc3OCCO)ncn2)cn1. The van der Waals surface area contributed by atoms with Crippen LogP contribution in [0.15, 0.2) is 55.0 Å². The number of nitrogens with zero attached hydrogens (tertiary/aromatic N) is 3. The third-order valence-electron chi connectivity index (χ3n) is 4.26. The summed E-state index contributed by atoms with van der Waals surface area (Å²) in [7, 11) is 0. The molecule has 3 rings (SSSR count). The minimum Gasteiger partial charge on any atom is -0.491 e. The van der Waals surface area contributed by atoms with Crippen molar-refractivity contribution in [2.24, 2.45) is 0 Å². The summed E-state index contributed by atoms with van der Waals surface area (Å²) < 4.78 is 5.64. The molecule has 0 saturated carbocycles. The number of hydrogen-bond donors (Lipinski definition) is 2. The van der Waals surface area contributed by atoms with Crippen molar-refractivity contribution in [3.63, 3.8) is 0 Å². The molecule has 0 radical (unpaired) electrons. The molecule has 6 nitrogen and oxygen atoms in total. The van der Waals surface area contributed by atoms with E-state index in [9.17, 15) is 0 Å². The highest BCUT2D eigenvalue weighted by Crippen LogP contribution is 2.27. The number of hydrogen-bond acceptors (Lipinski definition) is 6. The van der Waals surface area contributed by atoms with E-state index in [0.717, 1.165) is 34.1 Å². The molecule has 0 aliphatic rings. The highest BCUT2D eigenvalue weighted by atomic mass is 16.5. The molecule has 0 saturated heterocycles. The van der Waals surface area contributed by atoms with E-state index in [0.29, 0.717) is 6.54 Å². The maximum absolute atomic E-state index is 8.99. The molecular formula is C21H24N4O2. The molecule has 0 spiro atoms. The molecule has 0 aliphatic heterocycles. The van der Waals surface area contributed by atoms with Gasteiger partial charge in [0.25, 0.3) is 0 Å². The first-order valence-electron chi connectivity index (χ1n) is 8.99. The maximum atomic E-state index is 8.99. The quantitative estimate of drug-likeness (QED) is 0.637. The predicted octanol–water partition coefficient (Wildman–Crippen LogP) is 3.43. The van der Waals surface area contributed by atoms with E-state index in [-0.39, 0.29) is 19.1 Å². The van der Waals surface area contributed by atoms with Gasteiger partial charge in [-0.25, -0.2) is 9.97 Å². The molecule has 27 heavy (non-hydrogen) atoms. The average Bonchev–Trinajstić information content (AvgIpc) is 2.71. The largest absolute Gasteiger partial charge is 0.491 e. The molecule has 1 unspecified atom stereocenters. The Kier molecular flexibility index (Phi) is 6.33. The second-order valence-corrected chi connectivity index (χ2v) is 6.37. The van der Waals surface area contributed by atoms with Crippen molar-refractivity contribution >= 4 is 5.82 Å². The Balaban J connectivity index is 1.68. The van der Waals surface area contributed by atoms with Crippen molar-refractivity contribution in [3.05, 3.63) is 66.2 Å². The van der Waals surface area contributed by atoms with Gasteiger partial charge < -0.3 is 15.2 Å². The standard InChI is InChI=1S/C21H24N4O2/c1-15(18-5-3-4-6-20(18)27-10-9-26)12-23-21-11-19(24-14-25-21)17-8-7-16(2)22-13-17/h3-8,11,13-15,26H,9-10,12H2,1-2H3,(H,23,24,25). The Morgan fingerprint density at radius 3 is 2.74 bits per heavy atom. The smallest absolute Gasteiger partial charge is 0.129 e. The zero-order valence-corrected chi connectivity index (χ0v) is 15.6. The summed E-state index contributed by atoms with van der Waals surface area (Å²) in [6.45, 7) is 5.07. The average molecular weight is 364 g/mol. The third-order valence-corrected chi connectivity index (χ3v) is 4.26. The summed E-state index contributed by atoms with van der Waals surface area (Å²) in [5, 5.41) is 12.4. The fraction of sp³-hybridized carbons (Fsp3) is 0.286. The molecule has 0 bridgehead atoms. The molecule has 0 aliphatic carbocycles. The van der Waals surface area contributed by atoms with Gasteiger partial charge in [-0.15, -0.1) is 0 Å². The number of aromatic nitrogens is 3. The lowest BCUT2D eigenvalue weighted by Crippen LogP contribution is -2.13. The highest BCUT2D eigenvalue weighted by Gasteiger charge is 2.12. The Labute approximate surface area is 159 Å². The Morgan fingerprint density at radius 2 is 1.96 bits per heavy atom. The molecule has 6 heteroatoms. The minimum absolute atomic E-state index is 0.00144. The normalized spacial score (nSPS) is 11.8. The fourth-order valence-electron chi connectivity index (χ4n) is 2.77. The fourth-order valence-corrected chi connectivity index (χ4v) is 2.77. The topological polar surface area (TPSA) is 80.2 Å². The second kappa shape index (κ2) is 9.09. The molecule has 0 amide bonds. The van der Waals surface area contributed by atoms with E-state index in [2.05, 4.69) is 27.2 Å².